The molecule has 216 valence electrons. The van der Waals surface area contributed by atoms with Gasteiger partial charge >= 0.3 is 0 Å². The number of carbonyl (C=O) groups excluding carboxylic acids is 1. The summed E-state index contributed by atoms with van der Waals surface area (Å²) in [5, 5.41) is 14.1. The number of carbonyl (C=O) groups is 1. The second-order valence-electron chi connectivity index (χ2n) is 12.0. The van der Waals surface area contributed by atoms with E-state index in [1.807, 2.05) is 13.8 Å². The van der Waals surface area contributed by atoms with Gasteiger partial charge in [-0.3, -0.25) is 4.79 Å². The van der Waals surface area contributed by atoms with Gasteiger partial charge in [0.15, 0.2) is 11.6 Å². The topological polar surface area (TPSA) is 103 Å². The highest BCUT2D eigenvalue weighted by atomic mass is 19.1. The van der Waals surface area contributed by atoms with Crippen molar-refractivity contribution in [3.63, 3.8) is 0 Å². The van der Waals surface area contributed by atoms with Gasteiger partial charge in [0, 0.05) is 45.2 Å². The first-order valence-corrected chi connectivity index (χ1v) is 14.3. The molecule has 0 spiro atoms. The molecule has 3 rings (SSSR count). The third-order valence-corrected chi connectivity index (χ3v) is 8.49. The maximum atomic E-state index is 14.3. The van der Waals surface area contributed by atoms with Crippen LogP contribution in [-0.2, 0) is 20.7 Å². The summed E-state index contributed by atoms with van der Waals surface area (Å²) >= 11 is 0. The first kappa shape index (κ1) is 30.8. The van der Waals surface area contributed by atoms with E-state index in [4.69, 9.17) is 19.9 Å². The summed E-state index contributed by atoms with van der Waals surface area (Å²) < 4.78 is 30.8. The molecule has 1 saturated carbocycles. The third kappa shape index (κ3) is 8.38. The van der Waals surface area contributed by atoms with Crippen molar-refractivity contribution in [3.8, 4) is 5.75 Å². The molecule has 7 nitrogen and oxygen atoms in total. The number of amides is 1. The standard InChI is InChI=1S/C30H49FN2O5/c1-19(2)22(13-21-7-8-25(31)28(14-21)37-11-6-10-36-5)15-26(32)27(34)16-24(20(3)4)29(35)33-18-30-17-23(30)9-12-38-30/h7-8,14,19-20,22-24,26-27,34H,6,9-13,15-18,32H2,1-5H3,(H,33,35)/t22-,23+,24-,26-,27-,30+/m0/s1. The minimum atomic E-state index is -0.795. The van der Waals surface area contributed by atoms with Crippen molar-refractivity contribution in [2.24, 2.45) is 35.3 Å². The number of aliphatic hydroxyl groups is 1. The number of aliphatic hydroxyl groups excluding tert-OH is 1. The van der Waals surface area contributed by atoms with E-state index in [1.165, 1.54) is 6.07 Å². The first-order chi connectivity index (χ1) is 18.1. The lowest BCUT2D eigenvalue weighted by Gasteiger charge is -2.30. The molecule has 1 aromatic rings. The predicted octanol–water partition coefficient (Wildman–Crippen LogP) is 4.09. The Labute approximate surface area is 228 Å². The van der Waals surface area contributed by atoms with Crippen LogP contribution in [0.2, 0.25) is 0 Å². The molecule has 4 N–H and O–H groups in total. The number of hydrogen-bond acceptors (Lipinski definition) is 6. The predicted molar refractivity (Wildman–Crippen MR) is 146 cm³/mol. The van der Waals surface area contributed by atoms with E-state index in [0.29, 0.717) is 57.3 Å². The van der Waals surface area contributed by atoms with E-state index in [9.17, 15) is 14.3 Å². The minimum Gasteiger partial charge on any atom is -0.490 e. The van der Waals surface area contributed by atoms with Crippen molar-refractivity contribution >= 4 is 5.91 Å². The molecule has 0 aromatic heterocycles. The number of ether oxygens (including phenoxy) is 3. The van der Waals surface area contributed by atoms with E-state index >= 15 is 0 Å². The van der Waals surface area contributed by atoms with Crippen LogP contribution >= 0.6 is 0 Å². The summed E-state index contributed by atoms with van der Waals surface area (Å²) in [6.07, 6.45) is 3.62. The molecule has 2 aliphatic rings. The van der Waals surface area contributed by atoms with Gasteiger partial charge in [0.2, 0.25) is 5.91 Å². The monoisotopic (exact) mass is 536 g/mol. The lowest BCUT2D eigenvalue weighted by atomic mass is 9.81. The van der Waals surface area contributed by atoms with Gasteiger partial charge in [-0.1, -0.05) is 33.8 Å². The quantitative estimate of drug-likeness (QED) is 0.259. The molecule has 1 aliphatic heterocycles. The lowest BCUT2D eigenvalue weighted by Crippen LogP contribution is -2.44. The van der Waals surface area contributed by atoms with Gasteiger partial charge < -0.3 is 30.4 Å². The SMILES string of the molecule is COCCCOc1cc(C[C@@H](C[C@H](N)[C@@H](O)C[C@H](C(=O)NC[C@]23C[C@H]2CCO3)C(C)C)C(C)C)ccc1F. The van der Waals surface area contributed by atoms with Crippen LogP contribution in [0.4, 0.5) is 4.39 Å². The first-order valence-electron chi connectivity index (χ1n) is 14.3. The number of nitrogens with two attached hydrogens (primary N) is 1. The number of methoxy groups -OCH3 is 1. The van der Waals surface area contributed by atoms with Gasteiger partial charge in [0.05, 0.1) is 18.3 Å². The summed E-state index contributed by atoms with van der Waals surface area (Å²) in [4.78, 5) is 13.0. The highest BCUT2D eigenvalue weighted by molar-refractivity contribution is 5.79. The van der Waals surface area contributed by atoms with Gasteiger partial charge in [-0.05, 0) is 73.5 Å². The second kappa shape index (κ2) is 14.1. The molecule has 6 atom stereocenters. The zero-order valence-electron chi connectivity index (χ0n) is 23.9. The lowest BCUT2D eigenvalue weighted by molar-refractivity contribution is -0.128. The Morgan fingerprint density at radius 2 is 2.00 bits per heavy atom. The zero-order chi connectivity index (χ0) is 27.9. The van der Waals surface area contributed by atoms with Gasteiger partial charge in [0.25, 0.3) is 0 Å². The maximum Gasteiger partial charge on any atom is 0.223 e. The van der Waals surface area contributed by atoms with Crippen LogP contribution < -0.4 is 15.8 Å². The molecule has 1 amide bonds. The molecule has 8 heteroatoms. The highest BCUT2D eigenvalue weighted by Crippen LogP contribution is 2.53. The summed E-state index contributed by atoms with van der Waals surface area (Å²) in [5.41, 5.74) is 7.33. The Kier molecular flexibility index (Phi) is 11.4. The van der Waals surface area contributed by atoms with Crippen molar-refractivity contribution in [1.29, 1.82) is 0 Å². The number of rotatable bonds is 17. The van der Waals surface area contributed by atoms with Crippen LogP contribution in [0.3, 0.4) is 0 Å². The fourth-order valence-electron chi connectivity index (χ4n) is 5.63. The smallest absolute Gasteiger partial charge is 0.223 e. The molecule has 0 bridgehead atoms. The normalized spacial score (nSPS) is 23.7. The highest BCUT2D eigenvalue weighted by Gasteiger charge is 2.58. The van der Waals surface area contributed by atoms with E-state index in [1.54, 1.807) is 19.2 Å². The fraction of sp³-hybridized carbons (Fsp3) is 0.767. The van der Waals surface area contributed by atoms with Crippen molar-refractivity contribution in [1.82, 2.24) is 5.32 Å². The molecular weight excluding hydrogens is 487 g/mol. The molecule has 1 heterocycles. The minimum absolute atomic E-state index is 0.0356. The van der Waals surface area contributed by atoms with Gasteiger partial charge in [0.1, 0.15) is 0 Å². The Hall–Kier alpha value is -1.74. The van der Waals surface area contributed by atoms with Crippen molar-refractivity contribution in [2.75, 3.05) is 33.5 Å². The average molecular weight is 537 g/mol. The largest absolute Gasteiger partial charge is 0.490 e. The number of nitrogens with one attached hydrogen (secondary N) is 1. The van der Waals surface area contributed by atoms with Gasteiger partial charge in [-0.25, -0.2) is 4.39 Å². The average Bonchev–Trinajstić information content (AvgIpc) is 3.42. The fourth-order valence-corrected chi connectivity index (χ4v) is 5.63. The van der Waals surface area contributed by atoms with Crippen LogP contribution in [0.5, 0.6) is 5.75 Å². The molecule has 0 unspecified atom stereocenters. The Balaban J connectivity index is 1.54. The van der Waals surface area contributed by atoms with Crippen LogP contribution in [-0.4, -0.2) is 62.2 Å². The van der Waals surface area contributed by atoms with E-state index < -0.39 is 12.1 Å². The Bertz CT molecular complexity index is 897. The van der Waals surface area contributed by atoms with Crippen LogP contribution in [0.1, 0.15) is 65.4 Å². The Morgan fingerprint density at radius 3 is 2.61 bits per heavy atom. The van der Waals surface area contributed by atoms with Gasteiger partial charge in [-0.2, -0.15) is 0 Å². The number of fused-ring (bicyclic) bond motifs is 1. The second-order valence-corrected chi connectivity index (χ2v) is 12.0. The number of halogens is 1. The molecule has 38 heavy (non-hydrogen) atoms. The molecule has 1 aromatic carbocycles. The summed E-state index contributed by atoms with van der Waals surface area (Å²) in [6, 6.07) is 4.52. The maximum absolute atomic E-state index is 14.3. The van der Waals surface area contributed by atoms with E-state index in [2.05, 4.69) is 19.2 Å². The Morgan fingerprint density at radius 1 is 1.24 bits per heavy atom. The summed E-state index contributed by atoms with van der Waals surface area (Å²) in [6.45, 7) is 10.6. The zero-order valence-corrected chi connectivity index (χ0v) is 23.9. The van der Waals surface area contributed by atoms with E-state index in [-0.39, 0.29) is 40.8 Å². The molecule has 2 fully saturated rings. The summed E-state index contributed by atoms with van der Waals surface area (Å²) in [5.74, 6) is 0.659. The van der Waals surface area contributed by atoms with E-state index in [0.717, 1.165) is 25.0 Å². The number of hydrogen-bond donors (Lipinski definition) is 3. The molecule has 1 aliphatic carbocycles. The van der Waals surface area contributed by atoms with Crippen molar-refractivity contribution in [3.05, 3.63) is 29.6 Å². The summed E-state index contributed by atoms with van der Waals surface area (Å²) in [7, 11) is 1.63. The van der Waals surface area contributed by atoms with Crippen LogP contribution in [0.25, 0.3) is 0 Å². The molecule has 1 saturated heterocycles. The number of benzene rings is 1. The van der Waals surface area contributed by atoms with Gasteiger partial charge in [-0.15, -0.1) is 0 Å². The van der Waals surface area contributed by atoms with Crippen LogP contribution in [0.15, 0.2) is 18.2 Å². The molecule has 0 radical (unpaired) electrons. The van der Waals surface area contributed by atoms with Crippen molar-refractivity contribution < 1.29 is 28.5 Å². The van der Waals surface area contributed by atoms with Crippen LogP contribution in [0, 0.1) is 35.4 Å². The van der Waals surface area contributed by atoms with Crippen molar-refractivity contribution in [2.45, 2.75) is 84.0 Å². The molecular formula is C30H49FN2O5. The third-order valence-electron chi connectivity index (χ3n) is 8.49.